The van der Waals surface area contributed by atoms with Crippen LogP contribution in [-0.4, -0.2) is 55.4 Å². The van der Waals surface area contributed by atoms with E-state index in [4.69, 9.17) is 15.0 Å². The number of nitrogens with zero attached hydrogens (tertiary/aromatic N) is 1. The van der Waals surface area contributed by atoms with Crippen molar-refractivity contribution in [3.8, 4) is 0 Å². The molecule has 0 spiro atoms. The molecule has 0 radical (unpaired) electrons. The normalized spacial score (nSPS) is 30.3. The van der Waals surface area contributed by atoms with Crippen molar-refractivity contribution >= 4 is 13.5 Å². The highest BCUT2D eigenvalue weighted by Gasteiger charge is 2.52. The third-order valence-electron chi connectivity index (χ3n) is 5.74. The summed E-state index contributed by atoms with van der Waals surface area (Å²) >= 11 is 0. The van der Waals surface area contributed by atoms with Crippen LogP contribution in [0.15, 0.2) is 24.5 Å². The second-order valence-electron chi connectivity index (χ2n) is 8.14. The molecule has 30 heavy (non-hydrogen) atoms. The van der Waals surface area contributed by atoms with E-state index in [2.05, 4.69) is 0 Å². The molecule has 170 valence electrons. The SMILES string of the molecule is CCC(C)(C[C@H]1O[C@@H]([n+]2cccc(C(N)=O)c2)[C@H](O)[C@@H]1O)OP(=O)(O)C(C)(O)CC. The molecule has 7 atom stereocenters. The van der Waals surface area contributed by atoms with Gasteiger partial charge in [0.2, 0.25) is 0 Å². The predicted molar refractivity (Wildman–Crippen MR) is 106 cm³/mol. The maximum absolute atomic E-state index is 12.6. The molecule has 0 aromatic carbocycles. The topological polar surface area (TPSA) is 163 Å². The predicted octanol–water partition coefficient (Wildman–Crippen LogP) is 0.572. The Balaban J connectivity index is 2.22. The van der Waals surface area contributed by atoms with Crippen molar-refractivity contribution in [2.75, 3.05) is 0 Å². The van der Waals surface area contributed by atoms with Crippen LogP contribution in [0.3, 0.4) is 0 Å². The number of nitrogens with two attached hydrogens (primary N) is 1. The van der Waals surface area contributed by atoms with Crippen LogP contribution >= 0.6 is 7.60 Å². The Kier molecular flexibility index (Phi) is 7.46. The van der Waals surface area contributed by atoms with Crippen LogP contribution in [0.25, 0.3) is 0 Å². The molecular formula is C19H32N2O8P+. The molecule has 0 aliphatic carbocycles. The Hall–Kier alpha value is -1.39. The summed E-state index contributed by atoms with van der Waals surface area (Å²) < 4.78 is 25.4. The second-order valence-corrected chi connectivity index (χ2v) is 10.3. The number of aromatic nitrogens is 1. The summed E-state index contributed by atoms with van der Waals surface area (Å²) in [6.07, 6.45) is -1.30. The molecule has 1 amide bonds. The minimum Gasteiger partial charge on any atom is -0.387 e. The van der Waals surface area contributed by atoms with Gasteiger partial charge in [-0.2, -0.15) is 4.57 Å². The average molecular weight is 447 g/mol. The van der Waals surface area contributed by atoms with Gasteiger partial charge in [-0.1, -0.05) is 13.8 Å². The Labute approximate surface area is 175 Å². The molecule has 2 heterocycles. The molecule has 10 nitrogen and oxygen atoms in total. The first-order valence-corrected chi connectivity index (χ1v) is 11.4. The van der Waals surface area contributed by atoms with Gasteiger partial charge in [0.15, 0.2) is 23.8 Å². The van der Waals surface area contributed by atoms with Gasteiger partial charge in [-0.25, -0.2) is 0 Å². The molecule has 1 aliphatic heterocycles. The molecule has 6 N–H and O–H groups in total. The van der Waals surface area contributed by atoms with Gasteiger partial charge >= 0.3 is 7.60 Å². The highest BCUT2D eigenvalue weighted by Crippen LogP contribution is 2.59. The lowest BCUT2D eigenvalue weighted by Crippen LogP contribution is -2.46. The van der Waals surface area contributed by atoms with Crippen molar-refractivity contribution in [2.24, 2.45) is 5.73 Å². The molecule has 1 aromatic heterocycles. The molecule has 0 bridgehead atoms. The Morgan fingerprint density at radius 2 is 1.93 bits per heavy atom. The smallest absolute Gasteiger partial charge is 0.359 e. The summed E-state index contributed by atoms with van der Waals surface area (Å²) in [7, 11) is -4.42. The van der Waals surface area contributed by atoms with E-state index in [0.717, 1.165) is 0 Å². The van der Waals surface area contributed by atoms with E-state index < -0.39 is 49.0 Å². The number of hydrogen-bond donors (Lipinski definition) is 5. The van der Waals surface area contributed by atoms with E-state index in [1.54, 1.807) is 33.0 Å². The van der Waals surface area contributed by atoms with Crippen molar-refractivity contribution in [1.29, 1.82) is 0 Å². The third kappa shape index (κ3) is 5.08. The highest BCUT2D eigenvalue weighted by molar-refractivity contribution is 7.54. The number of aliphatic hydroxyl groups excluding tert-OH is 2. The maximum atomic E-state index is 12.6. The van der Waals surface area contributed by atoms with Gasteiger partial charge in [0.25, 0.3) is 12.1 Å². The average Bonchev–Trinajstić information content (AvgIpc) is 2.95. The van der Waals surface area contributed by atoms with Gasteiger partial charge in [0.1, 0.15) is 11.7 Å². The summed E-state index contributed by atoms with van der Waals surface area (Å²) in [6, 6.07) is 3.07. The summed E-state index contributed by atoms with van der Waals surface area (Å²) in [5, 5.41) is 29.3. The van der Waals surface area contributed by atoms with Crippen molar-refractivity contribution in [1.82, 2.24) is 0 Å². The first-order chi connectivity index (χ1) is 13.8. The van der Waals surface area contributed by atoms with Gasteiger partial charge in [-0.15, -0.1) is 0 Å². The number of pyridine rings is 1. The Morgan fingerprint density at radius 3 is 2.47 bits per heavy atom. The van der Waals surface area contributed by atoms with E-state index in [1.165, 1.54) is 23.8 Å². The number of rotatable bonds is 9. The number of aliphatic hydroxyl groups is 3. The molecule has 1 aromatic rings. The van der Waals surface area contributed by atoms with Gasteiger partial charge in [0.05, 0.1) is 11.7 Å². The van der Waals surface area contributed by atoms with E-state index in [9.17, 15) is 29.6 Å². The minimum absolute atomic E-state index is 0.0107. The van der Waals surface area contributed by atoms with Crippen LogP contribution in [-0.2, 0) is 13.8 Å². The summed E-state index contributed by atoms with van der Waals surface area (Å²) in [5.74, 6) is -0.650. The van der Waals surface area contributed by atoms with Crippen molar-refractivity contribution in [3.63, 3.8) is 0 Å². The summed E-state index contributed by atoms with van der Waals surface area (Å²) in [6.45, 7) is 6.11. The van der Waals surface area contributed by atoms with Crippen molar-refractivity contribution < 1.29 is 43.4 Å². The second kappa shape index (κ2) is 9.00. The molecule has 3 unspecified atom stereocenters. The molecule has 11 heteroatoms. The Bertz CT molecular complexity index is 819. The Morgan fingerprint density at radius 1 is 1.30 bits per heavy atom. The van der Waals surface area contributed by atoms with Crippen LogP contribution < -0.4 is 10.3 Å². The zero-order chi connectivity index (χ0) is 22.9. The lowest BCUT2D eigenvalue weighted by Gasteiger charge is -2.37. The molecule has 1 fully saturated rings. The quantitative estimate of drug-likeness (QED) is 0.271. The number of amides is 1. The van der Waals surface area contributed by atoms with Crippen LogP contribution in [0.2, 0.25) is 0 Å². The van der Waals surface area contributed by atoms with Gasteiger partial charge in [0, 0.05) is 12.5 Å². The number of primary amides is 1. The fraction of sp³-hybridized carbons (Fsp3) is 0.684. The first kappa shape index (κ1) is 24.9. The third-order valence-corrected chi connectivity index (χ3v) is 7.96. The number of carbonyl (C=O) groups is 1. The van der Waals surface area contributed by atoms with E-state index in [1.807, 2.05) is 0 Å². The van der Waals surface area contributed by atoms with Crippen LogP contribution in [0.5, 0.6) is 0 Å². The summed E-state index contributed by atoms with van der Waals surface area (Å²) in [4.78, 5) is 21.7. The fourth-order valence-electron chi connectivity index (χ4n) is 3.21. The monoisotopic (exact) mass is 447 g/mol. The van der Waals surface area contributed by atoms with Crippen molar-refractivity contribution in [3.05, 3.63) is 30.1 Å². The standard InChI is InChI=1S/C19H31N2O8P/c1-5-18(3,29-30(26,27)19(4,25)6-2)10-13-14(22)15(23)17(28-13)21-9-7-8-12(11-21)16(20)24/h7-9,11,13-15,17,22-23,25H,5-6,10H2,1-4H3,(H2-,20,24,26,27)/p+1/t13-,14-,15-,17-,18?,19?/m1/s1. The van der Waals surface area contributed by atoms with Crippen LogP contribution in [0.1, 0.15) is 63.5 Å². The lowest BCUT2D eigenvalue weighted by molar-refractivity contribution is -0.765. The molecular weight excluding hydrogens is 415 g/mol. The zero-order valence-electron chi connectivity index (χ0n) is 17.6. The number of ether oxygens (including phenoxy) is 1. The number of carbonyl (C=O) groups excluding carboxylic acids is 1. The minimum atomic E-state index is -4.42. The molecule has 1 aliphatic rings. The summed E-state index contributed by atoms with van der Waals surface area (Å²) in [5.41, 5.74) is 4.27. The van der Waals surface area contributed by atoms with E-state index in [-0.39, 0.29) is 24.8 Å². The number of hydrogen-bond acceptors (Lipinski definition) is 7. The van der Waals surface area contributed by atoms with E-state index >= 15 is 0 Å². The molecule has 2 rings (SSSR count). The maximum Gasteiger partial charge on any atom is 0.359 e. The van der Waals surface area contributed by atoms with Crippen LogP contribution in [0, 0.1) is 0 Å². The van der Waals surface area contributed by atoms with Crippen molar-refractivity contribution in [2.45, 2.75) is 82.4 Å². The fourth-order valence-corrected chi connectivity index (χ4v) is 4.61. The molecule has 1 saturated heterocycles. The van der Waals surface area contributed by atoms with E-state index in [0.29, 0.717) is 0 Å². The van der Waals surface area contributed by atoms with Gasteiger partial charge < -0.3 is 35.2 Å². The van der Waals surface area contributed by atoms with Gasteiger partial charge in [-0.05, 0) is 32.8 Å². The molecule has 0 saturated carbocycles. The highest BCUT2D eigenvalue weighted by atomic mass is 31.2. The first-order valence-electron chi connectivity index (χ1n) is 9.85. The zero-order valence-corrected chi connectivity index (χ0v) is 18.5. The van der Waals surface area contributed by atoms with Gasteiger partial charge in [-0.3, -0.25) is 9.36 Å². The lowest BCUT2D eigenvalue weighted by atomic mass is 9.93. The largest absolute Gasteiger partial charge is 0.387 e. The van der Waals surface area contributed by atoms with Crippen LogP contribution in [0.4, 0.5) is 0 Å².